The Labute approximate surface area is 181 Å². The van der Waals surface area contributed by atoms with Crippen molar-refractivity contribution >= 4 is 22.5 Å². The third-order valence-electron chi connectivity index (χ3n) is 5.19. The minimum atomic E-state index is -5.12. The number of nitrogens with zero attached hydrogens (tertiary/aromatic N) is 4. The third-order valence-corrected chi connectivity index (χ3v) is 5.19. The highest BCUT2D eigenvalue weighted by molar-refractivity contribution is 6.08. The van der Waals surface area contributed by atoms with Gasteiger partial charge in [0.1, 0.15) is 0 Å². The highest BCUT2D eigenvalue weighted by Gasteiger charge is 2.63. The topological polar surface area (TPSA) is 87.9 Å². The van der Waals surface area contributed by atoms with Gasteiger partial charge in [0.15, 0.2) is 0 Å². The van der Waals surface area contributed by atoms with Crippen LogP contribution in [0.5, 0.6) is 0 Å². The molecule has 32 heavy (non-hydrogen) atoms. The Balaban J connectivity index is 1.85. The van der Waals surface area contributed by atoms with Crippen LogP contribution in [0.15, 0.2) is 60.0 Å². The van der Waals surface area contributed by atoms with E-state index >= 15 is 0 Å². The molecule has 10 heteroatoms. The molecule has 4 rings (SSSR count). The molecule has 166 valence electrons. The van der Waals surface area contributed by atoms with Crippen LogP contribution in [0.2, 0.25) is 0 Å². The number of aliphatic hydroxyl groups is 1. The molecular weight excluding hydrogens is 425 g/mol. The summed E-state index contributed by atoms with van der Waals surface area (Å²) in [6.07, 6.45) is -2.80. The fourth-order valence-electron chi connectivity index (χ4n) is 3.54. The Morgan fingerprint density at radius 1 is 1.25 bits per heavy atom. The summed E-state index contributed by atoms with van der Waals surface area (Å²) >= 11 is 0. The van der Waals surface area contributed by atoms with E-state index in [-0.39, 0.29) is 29.3 Å². The third kappa shape index (κ3) is 3.82. The van der Waals surface area contributed by atoms with Crippen molar-refractivity contribution in [1.82, 2.24) is 15.0 Å². The van der Waals surface area contributed by atoms with Crippen LogP contribution >= 0.6 is 0 Å². The number of hydrogen-bond acceptors (Lipinski definition) is 6. The van der Waals surface area contributed by atoms with E-state index in [9.17, 15) is 23.1 Å². The number of pyridine rings is 2. The fourth-order valence-corrected chi connectivity index (χ4v) is 3.54. The Hall–Kier alpha value is -3.37. The molecule has 0 bridgehead atoms. The van der Waals surface area contributed by atoms with Crippen LogP contribution in [0.1, 0.15) is 23.2 Å². The number of carbonyl (C=O) groups is 1. The molecule has 2 aromatic heterocycles. The number of fused-ring (bicyclic) bond motifs is 1. The highest BCUT2D eigenvalue weighted by atomic mass is 19.4. The number of ether oxygens (including phenoxy) is 1. The van der Waals surface area contributed by atoms with Gasteiger partial charge >= 0.3 is 6.18 Å². The number of rotatable bonds is 5. The van der Waals surface area contributed by atoms with Gasteiger partial charge in [-0.2, -0.15) is 23.3 Å². The van der Waals surface area contributed by atoms with E-state index in [0.717, 1.165) is 0 Å². The van der Waals surface area contributed by atoms with Crippen molar-refractivity contribution in [3.05, 3.63) is 60.4 Å². The van der Waals surface area contributed by atoms with E-state index in [0.29, 0.717) is 22.2 Å². The Kier molecular flexibility index (Phi) is 5.66. The van der Waals surface area contributed by atoms with Gasteiger partial charge in [0.05, 0.1) is 23.4 Å². The van der Waals surface area contributed by atoms with E-state index in [2.05, 4.69) is 15.1 Å². The molecule has 1 aromatic carbocycles. The minimum Gasteiger partial charge on any atom is -0.384 e. The van der Waals surface area contributed by atoms with Gasteiger partial charge in [0.2, 0.25) is 0 Å². The summed E-state index contributed by atoms with van der Waals surface area (Å²) in [6.45, 7) is 0.109. The Morgan fingerprint density at radius 3 is 2.72 bits per heavy atom. The maximum absolute atomic E-state index is 13.9. The predicted octanol–water partition coefficient (Wildman–Crippen LogP) is 3.79. The molecule has 0 spiro atoms. The van der Waals surface area contributed by atoms with Gasteiger partial charge in [0, 0.05) is 49.0 Å². The lowest BCUT2D eigenvalue weighted by molar-refractivity contribution is -0.297. The molecule has 3 aromatic rings. The van der Waals surface area contributed by atoms with Crippen LogP contribution in [-0.4, -0.2) is 57.3 Å². The Bertz CT molecular complexity index is 1180. The van der Waals surface area contributed by atoms with Crippen LogP contribution in [-0.2, 0) is 4.74 Å². The van der Waals surface area contributed by atoms with Gasteiger partial charge in [-0.1, -0.05) is 18.2 Å². The zero-order valence-electron chi connectivity index (χ0n) is 17.0. The lowest BCUT2D eigenvalue weighted by Crippen LogP contribution is -2.56. The first-order chi connectivity index (χ1) is 15.2. The monoisotopic (exact) mass is 444 g/mol. The zero-order chi connectivity index (χ0) is 22.9. The zero-order valence-corrected chi connectivity index (χ0v) is 17.0. The lowest BCUT2D eigenvalue weighted by atomic mass is 10.0. The molecule has 1 amide bonds. The maximum atomic E-state index is 13.9. The van der Waals surface area contributed by atoms with Gasteiger partial charge < -0.3 is 9.84 Å². The lowest BCUT2D eigenvalue weighted by Gasteiger charge is -2.32. The van der Waals surface area contributed by atoms with Crippen molar-refractivity contribution in [2.24, 2.45) is 5.10 Å². The van der Waals surface area contributed by atoms with Gasteiger partial charge in [-0.25, -0.2) is 4.98 Å². The van der Waals surface area contributed by atoms with Crippen LogP contribution in [0, 0.1) is 0 Å². The summed E-state index contributed by atoms with van der Waals surface area (Å²) in [5, 5.41) is 14.9. The van der Waals surface area contributed by atoms with Crippen molar-refractivity contribution in [3.8, 4) is 11.3 Å². The SMILES string of the molecule is COCCC1=NN(C(=O)c2cc(-c3cccnc3)nc3ccccc23)C(O)(C(F)(F)F)C1. The molecular formula is C22H19F3N4O3. The smallest absolute Gasteiger partial charge is 0.384 e. The van der Waals surface area contributed by atoms with Crippen molar-refractivity contribution in [1.29, 1.82) is 0 Å². The van der Waals surface area contributed by atoms with Crippen molar-refractivity contribution < 1.29 is 27.8 Å². The molecule has 1 atom stereocenters. The quantitative estimate of drug-likeness (QED) is 0.647. The van der Waals surface area contributed by atoms with Crippen LogP contribution < -0.4 is 0 Å². The van der Waals surface area contributed by atoms with E-state index < -0.39 is 24.2 Å². The number of benzene rings is 1. The van der Waals surface area contributed by atoms with Gasteiger partial charge in [-0.3, -0.25) is 9.78 Å². The van der Waals surface area contributed by atoms with E-state index in [1.807, 2.05) is 0 Å². The second kappa shape index (κ2) is 8.29. The summed E-state index contributed by atoms with van der Waals surface area (Å²) < 4.78 is 46.5. The number of aromatic nitrogens is 2. The molecule has 0 fully saturated rings. The van der Waals surface area contributed by atoms with Crippen molar-refractivity contribution in [3.63, 3.8) is 0 Å². The van der Waals surface area contributed by atoms with Gasteiger partial charge in [0.25, 0.3) is 11.6 Å². The molecule has 7 nitrogen and oxygen atoms in total. The summed E-state index contributed by atoms with van der Waals surface area (Å²) in [6, 6.07) is 11.4. The standard InChI is InChI=1S/C22H19F3N4O3/c1-32-10-8-15-12-21(31,22(23,24)25)29(28-15)20(30)17-11-19(14-5-4-9-26-13-14)27-18-7-3-2-6-16(17)18/h2-7,9,11,13,31H,8,10,12H2,1H3. The number of alkyl halides is 3. The highest BCUT2D eigenvalue weighted by Crippen LogP contribution is 2.42. The number of amides is 1. The second-order valence-corrected chi connectivity index (χ2v) is 7.33. The van der Waals surface area contributed by atoms with Crippen LogP contribution in [0.3, 0.4) is 0 Å². The van der Waals surface area contributed by atoms with Gasteiger partial charge in [-0.05, 0) is 24.3 Å². The summed E-state index contributed by atoms with van der Waals surface area (Å²) in [7, 11) is 1.40. The maximum Gasteiger partial charge on any atom is 0.438 e. The van der Waals surface area contributed by atoms with E-state index in [1.165, 1.54) is 19.4 Å². The molecule has 1 aliphatic rings. The normalized spacial score (nSPS) is 18.8. The average molecular weight is 444 g/mol. The number of carbonyl (C=O) groups excluding carboxylic acids is 1. The van der Waals surface area contributed by atoms with Crippen molar-refractivity contribution in [2.45, 2.75) is 24.7 Å². The average Bonchev–Trinajstić information content (AvgIpc) is 3.14. The molecule has 1 aliphatic heterocycles. The molecule has 0 saturated carbocycles. The number of hydrogen-bond donors (Lipinski definition) is 1. The van der Waals surface area contributed by atoms with E-state index in [4.69, 9.17) is 4.74 Å². The summed E-state index contributed by atoms with van der Waals surface area (Å²) in [5.74, 6) is -1.08. The second-order valence-electron chi connectivity index (χ2n) is 7.33. The first-order valence-electron chi connectivity index (χ1n) is 9.74. The van der Waals surface area contributed by atoms with E-state index in [1.54, 1.807) is 42.6 Å². The molecule has 1 N–H and O–H groups in total. The number of para-hydroxylation sites is 1. The molecule has 1 unspecified atom stereocenters. The molecule has 0 aliphatic carbocycles. The summed E-state index contributed by atoms with van der Waals surface area (Å²) in [5.41, 5.74) is -2.13. The molecule has 3 heterocycles. The first-order valence-corrected chi connectivity index (χ1v) is 9.74. The van der Waals surface area contributed by atoms with Crippen LogP contribution in [0.25, 0.3) is 22.2 Å². The minimum absolute atomic E-state index is 0.0193. The summed E-state index contributed by atoms with van der Waals surface area (Å²) in [4.78, 5) is 21.9. The molecule has 0 saturated heterocycles. The first kappa shape index (κ1) is 21.8. The number of hydrazone groups is 1. The van der Waals surface area contributed by atoms with Gasteiger partial charge in [-0.15, -0.1) is 0 Å². The largest absolute Gasteiger partial charge is 0.438 e. The fraction of sp³-hybridized carbons (Fsp3) is 0.273. The molecule has 0 radical (unpaired) electrons. The van der Waals surface area contributed by atoms with Crippen molar-refractivity contribution in [2.75, 3.05) is 13.7 Å². The number of halogens is 3. The predicted molar refractivity (Wildman–Crippen MR) is 111 cm³/mol. The number of methoxy groups -OCH3 is 1. The Morgan fingerprint density at radius 2 is 2.03 bits per heavy atom. The van der Waals surface area contributed by atoms with Crippen LogP contribution in [0.4, 0.5) is 13.2 Å².